The van der Waals surface area contributed by atoms with Crippen LogP contribution >= 0.6 is 24.0 Å². The molecule has 0 aromatic heterocycles. The molecular weight excluding hydrogens is 219 g/mol. The van der Waals surface area contributed by atoms with Crippen LogP contribution in [-0.2, 0) is 0 Å². The van der Waals surface area contributed by atoms with Crippen molar-refractivity contribution in [3.05, 3.63) is 34.4 Å². The quantitative estimate of drug-likeness (QED) is 0.734. The molecule has 0 aliphatic carbocycles. The van der Waals surface area contributed by atoms with Crippen molar-refractivity contribution in [2.24, 2.45) is 5.73 Å². The normalized spacial score (nSPS) is 12.1. The molecule has 5 heteroatoms. The molecule has 0 fully saturated rings. The average Bonchev–Trinajstić information content (AvgIpc) is 1.96. The molecule has 0 spiro atoms. The van der Waals surface area contributed by atoms with Gasteiger partial charge in [-0.3, -0.25) is 0 Å². The molecule has 0 bridgehead atoms. The topological polar surface area (TPSA) is 26.0 Å². The molecule has 1 atom stereocenters. The largest absolute Gasteiger partial charge is 0.324 e. The van der Waals surface area contributed by atoms with Gasteiger partial charge >= 0.3 is 0 Å². The Balaban J connectivity index is 0.00000144. The van der Waals surface area contributed by atoms with Crippen molar-refractivity contribution in [3.63, 3.8) is 0 Å². The van der Waals surface area contributed by atoms with Crippen molar-refractivity contribution >= 4 is 24.0 Å². The van der Waals surface area contributed by atoms with Crippen molar-refractivity contribution in [2.75, 3.05) is 0 Å². The molecule has 1 aromatic carbocycles. The van der Waals surface area contributed by atoms with Gasteiger partial charge in [0.05, 0.1) is 5.02 Å². The van der Waals surface area contributed by atoms with Gasteiger partial charge in [-0.05, 0) is 13.0 Å². The lowest BCUT2D eigenvalue weighted by molar-refractivity contribution is 0.562. The molecule has 0 aliphatic heterocycles. The summed E-state index contributed by atoms with van der Waals surface area (Å²) >= 11 is 5.43. The SMILES string of the molecule is C[C@H](N)c1cc(Cl)c(F)cc1F.Cl. The first-order chi connectivity index (χ1) is 5.52. The summed E-state index contributed by atoms with van der Waals surface area (Å²) in [7, 11) is 0. The molecule has 2 N–H and O–H groups in total. The second-order valence-electron chi connectivity index (χ2n) is 2.58. The number of nitrogens with two attached hydrogens (primary N) is 1. The monoisotopic (exact) mass is 227 g/mol. The maximum Gasteiger partial charge on any atom is 0.144 e. The molecule has 0 radical (unpaired) electrons. The Hall–Kier alpha value is -0.380. The van der Waals surface area contributed by atoms with E-state index in [1.54, 1.807) is 6.92 Å². The molecule has 74 valence electrons. The van der Waals surface area contributed by atoms with Gasteiger partial charge in [0.25, 0.3) is 0 Å². The Morgan fingerprint density at radius 2 is 1.85 bits per heavy atom. The summed E-state index contributed by atoms with van der Waals surface area (Å²) in [4.78, 5) is 0. The minimum Gasteiger partial charge on any atom is -0.324 e. The van der Waals surface area contributed by atoms with Gasteiger partial charge in [0.1, 0.15) is 11.6 Å². The zero-order valence-corrected chi connectivity index (χ0v) is 8.42. The Kier molecular flexibility index (Phi) is 4.61. The fourth-order valence-corrected chi connectivity index (χ4v) is 1.06. The maximum absolute atomic E-state index is 12.9. The molecule has 0 amide bonds. The third-order valence-electron chi connectivity index (χ3n) is 1.53. The van der Waals surface area contributed by atoms with Gasteiger partial charge in [0, 0.05) is 17.7 Å². The molecule has 0 saturated heterocycles. The van der Waals surface area contributed by atoms with Gasteiger partial charge in [0.2, 0.25) is 0 Å². The molecule has 1 nitrogen and oxygen atoms in total. The number of benzene rings is 1. The third kappa shape index (κ3) is 2.79. The molecule has 0 unspecified atom stereocenters. The predicted octanol–water partition coefficient (Wildman–Crippen LogP) is 3.06. The van der Waals surface area contributed by atoms with E-state index in [1.165, 1.54) is 6.07 Å². The van der Waals surface area contributed by atoms with Crippen LogP contribution in [0, 0.1) is 11.6 Å². The Bertz CT molecular complexity index is 302. The summed E-state index contributed by atoms with van der Waals surface area (Å²) in [5.41, 5.74) is 5.64. The van der Waals surface area contributed by atoms with Gasteiger partial charge in [-0.1, -0.05) is 11.6 Å². The average molecular weight is 228 g/mol. The van der Waals surface area contributed by atoms with Gasteiger partial charge in [-0.2, -0.15) is 0 Å². The molecule has 0 saturated carbocycles. The molecule has 1 aromatic rings. The van der Waals surface area contributed by atoms with Gasteiger partial charge < -0.3 is 5.73 Å². The van der Waals surface area contributed by atoms with Crippen molar-refractivity contribution < 1.29 is 8.78 Å². The highest BCUT2D eigenvalue weighted by Crippen LogP contribution is 2.22. The molecule has 1 rings (SSSR count). The maximum atomic E-state index is 12.9. The number of halogens is 4. The van der Waals surface area contributed by atoms with Crippen LogP contribution in [0.1, 0.15) is 18.5 Å². The third-order valence-corrected chi connectivity index (χ3v) is 1.82. The van der Waals surface area contributed by atoms with Crippen molar-refractivity contribution in [2.45, 2.75) is 13.0 Å². The fraction of sp³-hybridized carbons (Fsp3) is 0.250. The molecular formula is C8H9Cl2F2N. The fourth-order valence-electron chi connectivity index (χ4n) is 0.887. The predicted molar refractivity (Wildman–Crippen MR) is 51.2 cm³/mol. The standard InChI is InChI=1S/C8H8ClF2N.ClH/c1-4(12)5-2-6(9)8(11)3-7(5)10;/h2-4H,12H2,1H3;1H/t4-;/m0./s1. The van der Waals surface area contributed by atoms with Crippen molar-refractivity contribution in [1.82, 2.24) is 0 Å². The highest BCUT2D eigenvalue weighted by molar-refractivity contribution is 6.30. The lowest BCUT2D eigenvalue weighted by Crippen LogP contribution is -2.07. The number of rotatable bonds is 1. The minimum atomic E-state index is -0.765. The number of hydrogen-bond donors (Lipinski definition) is 1. The summed E-state index contributed by atoms with van der Waals surface area (Å²) in [6.45, 7) is 1.60. The molecule has 0 heterocycles. The molecule has 13 heavy (non-hydrogen) atoms. The summed E-state index contributed by atoms with van der Waals surface area (Å²) in [5.74, 6) is -1.43. The second-order valence-corrected chi connectivity index (χ2v) is 2.98. The van der Waals surface area contributed by atoms with Crippen molar-refractivity contribution in [1.29, 1.82) is 0 Å². The van der Waals surface area contributed by atoms with E-state index >= 15 is 0 Å². The summed E-state index contributed by atoms with van der Waals surface area (Å²) in [6.07, 6.45) is 0. The zero-order valence-electron chi connectivity index (χ0n) is 6.85. The molecule has 0 aliphatic rings. The lowest BCUT2D eigenvalue weighted by atomic mass is 10.1. The minimum absolute atomic E-state index is 0. The lowest BCUT2D eigenvalue weighted by Gasteiger charge is -2.07. The van der Waals surface area contributed by atoms with Crippen LogP contribution in [0.15, 0.2) is 12.1 Å². The van der Waals surface area contributed by atoms with E-state index in [9.17, 15) is 8.78 Å². The van der Waals surface area contributed by atoms with Gasteiger partial charge in [0.15, 0.2) is 0 Å². The van der Waals surface area contributed by atoms with Gasteiger partial charge in [-0.25, -0.2) is 8.78 Å². The Labute approximate surface area is 86.3 Å². The highest BCUT2D eigenvalue weighted by Gasteiger charge is 2.10. The smallest absolute Gasteiger partial charge is 0.144 e. The van der Waals surface area contributed by atoms with Crippen LogP contribution in [0.2, 0.25) is 5.02 Å². The summed E-state index contributed by atoms with van der Waals surface area (Å²) < 4.78 is 25.5. The summed E-state index contributed by atoms with van der Waals surface area (Å²) in [6, 6.07) is 1.46. The highest BCUT2D eigenvalue weighted by atomic mass is 35.5. The first kappa shape index (κ1) is 12.6. The van der Waals surface area contributed by atoms with Crippen LogP contribution in [0.3, 0.4) is 0 Å². The van der Waals surface area contributed by atoms with Crippen LogP contribution in [0.5, 0.6) is 0 Å². The van der Waals surface area contributed by atoms with Crippen molar-refractivity contribution in [3.8, 4) is 0 Å². The van der Waals surface area contributed by atoms with E-state index < -0.39 is 17.7 Å². The summed E-state index contributed by atoms with van der Waals surface area (Å²) in [5, 5.41) is -0.108. The van der Waals surface area contributed by atoms with Crippen LogP contribution in [0.4, 0.5) is 8.78 Å². The van der Waals surface area contributed by atoms with Crippen LogP contribution < -0.4 is 5.73 Å². The first-order valence-corrected chi connectivity index (χ1v) is 3.80. The van der Waals surface area contributed by atoms with E-state index in [4.69, 9.17) is 17.3 Å². The van der Waals surface area contributed by atoms with E-state index in [1.807, 2.05) is 0 Å². The Morgan fingerprint density at radius 3 is 2.31 bits per heavy atom. The first-order valence-electron chi connectivity index (χ1n) is 3.42. The van der Waals surface area contributed by atoms with Crippen LogP contribution in [0.25, 0.3) is 0 Å². The van der Waals surface area contributed by atoms with E-state index in [0.29, 0.717) is 0 Å². The number of hydrogen-bond acceptors (Lipinski definition) is 1. The van der Waals surface area contributed by atoms with E-state index in [0.717, 1.165) is 6.07 Å². The zero-order chi connectivity index (χ0) is 9.30. The van der Waals surface area contributed by atoms with Crippen LogP contribution in [-0.4, -0.2) is 0 Å². The second kappa shape index (κ2) is 4.74. The Morgan fingerprint density at radius 1 is 1.31 bits per heavy atom. The van der Waals surface area contributed by atoms with Gasteiger partial charge in [-0.15, -0.1) is 12.4 Å². The van der Waals surface area contributed by atoms with E-state index in [-0.39, 0.29) is 23.0 Å². The van der Waals surface area contributed by atoms with E-state index in [2.05, 4.69) is 0 Å².